The van der Waals surface area contributed by atoms with E-state index in [2.05, 4.69) is 52.8 Å². The Kier molecular flexibility index (Phi) is 2.42. The van der Waals surface area contributed by atoms with Crippen molar-refractivity contribution in [1.82, 2.24) is 10.3 Å². The van der Waals surface area contributed by atoms with E-state index in [1.807, 2.05) is 6.20 Å². The largest absolute Gasteiger partial charge is 0.361 e. The van der Waals surface area contributed by atoms with Crippen molar-refractivity contribution in [2.45, 2.75) is 13.0 Å². The van der Waals surface area contributed by atoms with E-state index in [-0.39, 0.29) is 0 Å². The Balaban J connectivity index is 1.91. The van der Waals surface area contributed by atoms with Crippen molar-refractivity contribution in [1.29, 1.82) is 0 Å². The summed E-state index contributed by atoms with van der Waals surface area (Å²) in [5, 5.41) is 4.71. The Hall–Kier alpha value is -2.06. The summed E-state index contributed by atoms with van der Waals surface area (Å²) in [6.07, 6.45) is 3.12. The Morgan fingerprint density at radius 3 is 3.00 bits per heavy atom. The summed E-state index contributed by atoms with van der Waals surface area (Å²) in [5.74, 6) is 0. The van der Waals surface area contributed by atoms with Crippen molar-refractivity contribution >= 4 is 10.9 Å². The predicted octanol–water partition coefficient (Wildman–Crippen LogP) is 3.48. The average molecular weight is 248 g/mol. The molecule has 1 aliphatic heterocycles. The molecule has 94 valence electrons. The van der Waals surface area contributed by atoms with Crippen LogP contribution in [0.15, 0.2) is 48.7 Å². The fourth-order valence-corrected chi connectivity index (χ4v) is 3.02. The third kappa shape index (κ3) is 1.76. The third-order valence-corrected chi connectivity index (χ3v) is 4.01. The molecule has 19 heavy (non-hydrogen) atoms. The minimum Gasteiger partial charge on any atom is -0.361 e. The highest BCUT2D eigenvalue weighted by Gasteiger charge is 2.13. The lowest BCUT2D eigenvalue weighted by atomic mass is 9.91. The van der Waals surface area contributed by atoms with Gasteiger partial charge in [0.25, 0.3) is 0 Å². The molecule has 0 saturated carbocycles. The summed E-state index contributed by atoms with van der Waals surface area (Å²) in [6.45, 7) is 2.07. The second-order valence-corrected chi connectivity index (χ2v) is 5.15. The molecule has 1 aromatic heterocycles. The minimum atomic E-state index is 0.994. The summed E-state index contributed by atoms with van der Waals surface area (Å²) in [6, 6.07) is 15.4. The Morgan fingerprint density at radius 1 is 1.00 bits per heavy atom. The van der Waals surface area contributed by atoms with E-state index in [0.29, 0.717) is 0 Å². The van der Waals surface area contributed by atoms with E-state index in [1.165, 1.54) is 33.2 Å². The van der Waals surface area contributed by atoms with E-state index in [1.54, 1.807) is 0 Å². The molecule has 0 aliphatic carbocycles. The molecule has 2 aromatic carbocycles. The van der Waals surface area contributed by atoms with Crippen LogP contribution in [0.4, 0.5) is 0 Å². The van der Waals surface area contributed by atoms with Crippen LogP contribution in [0.3, 0.4) is 0 Å². The summed E-state index contributed by atoms with van der Waals surface area (Å²) in [4.78, 5) is 3.30. The highest BCUT2D eigenvalue weighted by Crippen LogP contribution is 2.30. The number of aromatic nitrogens is 1. The number of H-pyrrole nitrogens is 1. The molecule has 4 rings (SSSR count). The highest BCUT2D eigenvalue weighted by atomic mass is 14.9. The van der Waals surface area contributed by atoms with E-state index in [0.717, 1.165) is 19.5 Å². The van der Waals surface area contributed by atoms with Gasteiger partial charge in [-0.3, -0.25) is 0 Å². The summed E-state index contributed by atoms with van der Waals surface area (Å²) in [7, 11) is 0. The maximum Gasteiger partial charge on any atom is 0.0460 e. The van der Waals surface area contributed by atoms with Gasteiger partial charge in [-0.1, -0.05) is 30.3 Å². The topological polar surface area (TPSA) is 27.8 Å². The van der Waals surface area contributed by atoms with Crippen LogP contribution in [0.2, 0.25) is 0 Å². The first-order chi connectivity index (χ1) is 9.42. The van der Waals surface area contributed by atoms with Crippen LogP contribution in [0.25, 0.3) is 22.0 Å². The van der Waals surface area contributed by atoms with Crippen LogP contribution >= 0.6 is 0 Å². The van der Waals surface area contributed by atoms with Gasteiger partial charge in [-0.2, -0.15) is 0 Å². The maximum atomic E-state index is 3.44. The van der Waals surface area contributed by atoms with E-state index < -0.39 is 0 Å². The van der Waals surface area contributed by atoms with Gasteiger partial charge in [-0.25, -0.2) is 0 Å². The molecule has 3 aromatic rings. The van der Waals surface area contributed by atoms with Gasteiger partial charge in [0.05, 0.1) is 0 Å². The van der Waals surface area contributed by atoms with Gasteiger partial charge in [0.2, 0.25) is 0 Å². The van der Waals surface area contributed by atoms with Gasteiger partial charge in [-0.05, 0) is 52.7 Å². The van der Waals surface area contributed by atoms with E-state index >= 15 is 0 Å². The molecule has 0 unspecified atom stereocenters. The number of nitrogens with one attached hydrogen (secondary N) is 2. The Labute approximate surface area is 112 Å². The van der Waals surface area contributed by atoms with Crippen LogP contribution < -0.4 is 5.32 Å². The zero-order valence-electron chi connectivity index (χ0n) is 10.7. The first kappa shape index (κ1) is 10.8. The SMILES string of the molecule is c1cc2c(c(-c3ccc4cc[nH]c4c3)c1)CCNC2. The molecule has 0 spiro atoms. The molecule has 0 radical (unpaired) electrons. The van der Waals surface area contributed by atoms with Crippen molar-refractivity contribution in [2.75, 3.05) is 6.54 Å². The van der Waals surface area contributed by atoms with Gasteiger partial charge >= 0.3 is 0 Å². The fourth-order valence-electron chi connectivity index (χ4n) is 3.02. The molecule has 0 bridgehead atoms. The Bertz CT molecular complexity index is 740. The van der Waals surface area contributed by atoms with Gasteiger partial charge in [0, 0.05) is 18.3 Å². The molecule has 0 saturated heterocycles. The molecule has 2 heterocycles. The molecular weight excluding hydrogens is 232 g/mol. The van der Waals surface area contributed by atoms with Crippen molar-refractivity contribution in [3.8, 4) is 11.1 Å². The van der Waals surface area contributed by atoms with Crippen molar-refractivity contribution in [2.24, 2.45) is 0 Å². The molecule has 0 fully saturated rings. The Morgan fingerprint density at radius 2 is 2.00 bits per heavy atom. The normalized spacial score (nSPS) is 14.5. The molecule has 1 aliphatic rings. The van der Waals surface area contributed by atoms with Gasteiger partial charge in [-0.15, -0.1) is 0 Å². The van der Waals surface area contributed by atoms with Crippen LogP contribution in [0.5, 0.6) is 0 Å². The van der Waals surface area contributed by atoms with Gasteiger partial charge in [0.15, 0.2) is 0 Å². The number of benzene rings is 2. The molecule has 2 nitrogen and oxygen atoms in total. The lowest BCUT2D eigenvalue weighted by Gasteiger charge is -2.20. The number of hydrogen-bond acceptors (Lipinski definition) is 1. The summed E-state index contributed by atoms with van der Waals surface area (Å²) < 4.78 is 0. The standard InChI is InChI=1S/C17H16N2/c1-2-14-11-18-8-7-16(14)15(3-1)13-5-4-12-6-9-19-17(12)10-13/h1-6,9-10,18-19H,7-8,11H2. The zero-order valence-corrected chi connectivity index (χ0v) is 10.7. The van der Waals surface area contributed by atoms with Crippen molar-refractivity contribution in [3.05, 3.63) is 59.8 Å². The quantitative estimate of drug-likeness (QED) is 0.678. The summed E-state index contributed by atoms with van der Waals surface area (Å²) >= 11 is 0. The number of aromatic amines is 1. The lowest BCUT2D eigenvalue weighted by Crippen LogP contribution is -2.23. The van der Waals surface area contributed by atoms with Crippen LogP contribution in [-0.2, 0) is 13.0 Å². The lowest BCUT2D eigenvalue weighted by molar-refractivity contribution is 0.645. The number of rotatable bonds is 1. The highest BCUT2D eigenvalue weighted by molar-refractivity contribution is 5.85. The maximum absolute atomic E-state index is 3.44. The predicted molar refractivity (Wildman–Crippen MR) is 79.1 cm³/mol. The third-order valence-electron chi connectivity index (χ3n) is 4.01. The smallest absolute Gasteiger partial charge is 0.0460 e. The van der Waals surface area contributed by atoms with Crippen LogP contribution in [0.1, 0.15) is 11.1 Å². The first-order valence-electron chi connectivity index (χ1n) is 6.81. The second kappa shape index (κ2) is 4.25. The monoisotopic (exact) mass is 248 g/mol. The van der Waals surface area contributed by atoms with Crippen molar-refractivity contribution < 1.29 is 0 Å². The zero-order chi connectivity index (χ0) is 12.7. The molecule has 2 N–H and O–H groups in total. The van der Waals surface area contributed by atoms with Gasteiger partial charge < -0.3 is 10.3 Å². The average Bonchev–Trinajstić information content (AvgIpc) is 2.94. The van der Waals surface area contributed by atoms with Crippen molar-refractivity contribution in [3.63, 3.8) is 0 Å². The fraction of sp³-hybridized carbons (Fsp3) is 0.176. The summed E-state index contributed by atoms with van der Waals surface area (Å²) in [5.41, 5.74) is 6.86. The first-order valence-corrected chi connectivity index (χ1v) is 6.81. The number of hydrogen-bond donors (Lipinski definition) is 2. The van der Waals surface area contributed by atoms with E-state index in [9.17, 15) is 0 Å². The van der Waals surface area contributed by atoms with E-state index in [4.69, 9.17) is 0 Å². The minimum absolute atomic E-state index is 0.994. The molecule has 0 amide bonds. The van der Waals surface area contributed by atoms with Crippen LogP contribution in [-0.4, -0.2) is 11.5 Å². The molecular formula is C17H16N2. The molecule has 0 atom stereocenters. The van der Waals surface area contributed by atoms with Gasteiger partial charge in [0.1, 0.15) is 0 Å². The number of fused-ring (bicyclic) bond motifs is 2. The molecule has 2 heteroatoms. The van der Waals surface area contributed by atoms with Crippen LogP contribution in [0, 0.1) is 0 Å². The second-order valence-electron chi connectivity index (χ2n) is 5.15.